The lowest BCUT2D eigenvalue weighted by molar-refractivity contribution is 0.0535. The second-order valence-corrected chi connectivity index (χ2v) is 5.82. The van der Waals surface area contributed by atoms with Crippen molar-refractivity contribution in [2.24, 2.45) is 0 Å². The average molecular weight is 312 g/mol. The van der Waals surface area contributed by atoms with Gasteiger partial charge in [0.15, 0.2) is 0 Å². The Balaban J connectivity index is 1.63. The summed E-state index contributed by atoms with van der Waals surface area (Å²) >= 11 is 0. The number of pyridine rings is 1. The predicted octanol–water partition coefficient (Wildman–Crippen LogP) is 1.62. The van der Waals surface area contributed by atoms with Gasteiger partial charge in [-0.15, -0.1) is 0 Å². The highest BCUT2D eigenvalue weighted by Gasteiger charge is 2.26. The van der Waals surface area contributed by atoms with Crippen molar-refractivity contribution in [3.05, 3.63) is 53.1 Å². The number of piperazine rings is 1. The molecule has 0 bridgehead atoms. The summed E-state index contributed by atoms with van der Waals surface area (Å²) in [4.78, 5) is 35.7. The van der Waals surface area contributed by atoms with E-state index in [0.717, 1.165) is 17.0 Å². The first-order valence-electron chi connectivity index (χ1n) is 7.71. The molecule has 6 heteroatoms. The van der Waals surface area contributed by atoms with Gasteiger partial charge >= 0.3 is 0 Å². The van der Waals surface area contributed by atoms with Crippen LogP contribution < -0.4 is 0 Å². The van der Waals surface area contributed by atoms with Crippen molar-refractivity contribution in [1.82, 2.24) is 19.8 Å². The van der Waals surface area contributed by atoms with E-state index in [0.29, 0.717) is 31.7 Å². The van der Waals surface area contributed by atoms with E-state index in [-0.39, 0.29) is 11.8 Å². The quantitative estimate of drug-likeness (QED) is 0.916. The minimum absolute atomic E-state index is 0.0281. The first kappa shape index (κ1) is 15.3. The van der Waals surface area contributed by atoms with Crippen LogP contribution in [-0.4, -0.2) is 57.8 Å². The Kier molecular flexibility index (Phi) is 4.14. The molecule has 0 spiro atoms. The van der Waals surface area contributed by atoms with Crippen LogP contribution in [0, 0.1) is 13.8 Å². The van der Waals surface area contributed by atoms with Gasteiger partial charge in [0.25, 0.3) is 11.8 Å². The number of nitrogens with zero attached hydrogens (tertiary/aromatic N) is 3. The zero-order valence-electron chi connectivity index (χ0n) is 13.4. The number of hydrogen-bond acceptors (Lipinski definition) is 3. The van der Waals surface area contributed by atoms with Crippen LogP contribution in [0.4, 0.5) is 0 Å². The van der Waals surface area contributed by atoms with Crippen molar-refractivity contribution < 1.29 is 9.59 Å². The van der Waals surface area contributed by atoms with Gasteiger partial charge in [-0.3, -0.25) is 14.6 Å². The third-order valence-electron chi connectivity index (χ3n) is 4.14. The largest absolute Gasteiger partial charge is 0.362 e. The van der Waals surface area contributed by atoms with E-state index < -0.39 is 0 Å². The molecule has 23 heavy (non-hydrogen) atoms. The highest BCUT2D eigenvalue weighted by molar-refractivity contribution is 5.96. The van der Waals surface area contributed by atoms with Gasteiger partial charge in [-0.05, 0) is 32.0 Å². The molecule has 1 fully saturated rings. The Bertz CT molecular complexity index is 715. The topological polar surface area (TPSA) is 69.3 Å². The number of H-pyrrole nitrogens is 1. The lowest BCUT2D eigenvalue weighted by atomic mass is 10.2. The summed E-state index contributed by atoms with van der Waals surface area (Å²) in [6.45, 7) is 6.03. The summed E-state index contributed by atoms with van der Waals surface area (Å²) in [5.41, 5.74) is 3.18. The van der Waals surface area contributed by atoms with Gasteiger partial charge in [0.2, 0.25) is 0 Å². The Hall–Kier alpha value is -2.63. The molecule has 1 aliphatic heterocycles. The van der Waals surface area contributed by atoms with Crippen molar-refractivity contribution in [2.75, 3.05) is 26.2 Å². The van der Waals surface area contributed by atoms with Crippen LogP contribution in [0.5, 0.6) is 0 Å². The fourth-order valence-electron chi connectivity index (χ4n) is 2.90. The predicted molar refractivity (Wildman–Crippen MR) is 86.3 cm³/mol. The molecule has 6 nitrogen and oxygen atoms in total. The number of aromatic amines is 1. The Labute approximate surface area is 135 Å². The van der Waals surface area contributed by atoms with Gasteiger partial charge in [-0.1, -0.05) is 0 Å². The van der Waals surface area contributed by atoms with Crippen LogP contribution in [0.15, 0.2) is 30.6 Å². The summed E-state index contributed by atoms with van der Waals surface area (Å²) in [6, 6.07) is 5.40. The third kappa shape index (κ3) is 3.11. The van der Waals surface area contributed by atoms with Crippen molar-refractivity contribution in [3.63, 3.8) is 0 Å². The highest BCUT2D eigenvalue weighted by atomic mass is 16.2. The number of carbonyl (C=O) groups excluding carboxylic acids is 2. The minimum atomic E-state index is -0.0288. The Morgan fingerprint density at radius 1 is 1.09 bits per heavy atom. The standard InChI is InChI=1S/C17H20N4O2/c1-12-10-15(13(2)19-12)17(23)21-8-6-20(7-9-21)16(22)14-4-3-5-18-11-14/h3-5,10-11,19H,6-9H2,1-2H3. The van der Waals surface area contributed by atoms with Crippen LogP contribution in [-0.2, 0) is 0 Å². The van der Waals surface area contributed by atoms with Gasteiger partial charge in [-0.25, -0.2) is 0 Å². The third-order valence-corrected chi connectivity index (χ3v) is 4.14. The van der Waals surface area contributed by atoms with E-state index in [1.807, 2.05) is 24.8 Å². The maximum Gasteiger partial charge on any atom is 0.255 e. The van der Waals surface area contributed by atoms with Crippen molar-refractivity contribution in [3.8, 4) is 0 Å². The summed E-state index contributed by atoms with van der Waals surface area (Å²) in [7, 11) is 0. The maximum atomic E-state index is 12.6. The van der Waals surface area contributed by atoms with Gasteiger partial charge < -0.3 is 14.8 Å². The normalized spacial score (nSPS) is 14.9. The number of nitrogens with one attached hydrogen (secondary N) is 1. The van der Waals surface area contributed by atoms with E-state index >= 15 is 0 Å². The van der Waals surface area contributed by atoms with Crippen molar-refractivity contribution >= 4 is 11.8 Å². The summed E-state index contributed by atoms with van der Waals surface area (Å²) in [6.07, 6.45) is 3.22. The van der Waals surface area contributed by atoms with Crippen LogP contribution >= 0.6 is 0 Å². The highest BCUT2D eigenvalue weighted by Crippen LogP contribution is 2.15. The second-order valence-electron chi connectivity index (χ2n) is 5.82. The molecule has 0 radical (unpaired) electrons. The second kappa shape index (κ2) is 6.24. The van der Waals surface area contributed by atoms with E-state index in [9.17, 15) is 9.59 Å². The van der Waals surface area contributed by atoms with Crippen LogP contribution in [0.2, 0.25) is 0 Å². The van der Waals surface area contributed by atoms with Crippen LogP contribution in [0.25, 0.3) is 0 Å². The number of aryl methyl sites for hydroxylation is 2. The smallest absolute Gasteiger partial charge is 0.255 e. The molecule has 2 aromatic rings. The lowest BCUT2D eigenvalue weighted by Gasteiger charge is -2.34. The number of carbonyl (C=O) groups is 2. The summed E-state index contributed by atoms with van der Waals surface area (Å²) in [5, 5.41) is 0. The molecule has 1 aliphatic rings. The lowest BCUT2D eigenvalue weighted by Crippen LogP contribution is -2.50. The molecule has 2 aromatic heterocycles. The summed E-state index contributed by atoms with van der Waals surface area (Å²) < 4.78 is 0. The van der Waals surface area contributed by atoms with E-state index in [2.05, 4.69) is 9.97 Å². The molecule has 2 amide bonds. The fourth-order valence-corrected chi connectivity index (χ4v) is 2.90. The first-order chi connectivity index (χ1) is 11.1. The van der Waals surface area contributed by atoms with E-state index in [1.54, 1.807) is 29.4 Å². The molecule has 1 saturated heterocycles. The van der Waals surface area contributed by atoms with Gasteiger partial charge in [0.1, 0.15) is 0 Å². The molecule has 0 aliphatic carbocycles. The average Bonchev–Trinajstić information content (AvgIpc) is 2.93. The molecule has 3 rings (SSSR count). The first-order valence-corrected chi connectivity index (χ1v) is 7.71. The Morgan fingerprint density at radius 3 is 2.26 bits per heavy atom. The van der Waals surface area contributed by atoms with E-state index in [1.165, 1.54) is 0 Å². The van der Waals surface area contributed by atoms with Crippen molar-refractivity contribution in [1.29, 1.82) is 0 Å². The molecule has 120 valence electrons. The van der Waals surface area contributed by atoms with E-state index in [4.69, 9.17) is 0 Å². The van der Waals surface area contributed by atoms with Gasteiger partial charge in [0, 0.05) is 50.0 Å². The number of hydrogen-bond donors (Lipinski definition) is 1. The monoisotopic (exact) mass is 312 g/mol. The molecule has 3 heterocycles. The fraction of sp³-hybridized carbons (Fsp3) is 0.353. The van der Waals surface area contributed by atoms with Gasteiger partial charge in [0.05, 0.1) is 11.1 Å². The molecule has 0 atom stereocenters. The van der Waals surface area contributed by atoms with Crippen molar-refractivity contribution in [2.45, 2.75) is 13.8 Å². The number of aromatic nitrogens is 2. The van der Waals surface area contributed by atoms with Crippen LogP contribution in [0.1, 0.15) is 32.1 Å². The molecule has 0 aromatic carbocycles. The number of rotatable bonds is 2. The van der Waals surface area contributed by atoms with Gasteiger partial charge in [-0.2, -0.15) is 0 Å². The molecule has 0 unspecified atom stereocenters. The summed E-state index contributed by atoms with van der Waals surface area (Å²) in [5.74, 6) is -0.000745. The number of amides is 2. The molecular formula is C17H20N4O2. The maximum absolute atomic E-state index is 12.6. The molecule has 0 saturated carbocycles. The SMILES string of the molecule is Cc1cc(C(=O)N2CCN(C(=O)c3cccnc3)CC2)c(C)[nH]1. The zero-order chi connectivity index (χ0) is 16.4. The van der Waals surface area contributed by atoms with Crippen LogP contribution in [0.3, 0.4) is 0 Å². The minimum Gasteiger partial charge on any atom is -0.362 e. The zero-order valence-corrected chi connectivity index (χ0v) is 13.4. The Morgan fingerprint density at radius 2 is 1.74 bits per heavy atom. The molecule has 1 N–H and O–H groups in total. The molecular weight excluding hydrogens is 292 g/mol.